The van der Waals surface area contributed by atoms with E-state index in [9.17, 15) is 4.79 Å². The summed E-state index contributed by atoms with van der Waals surface area (Å²) in [6.45, 7) is 0. The number of rotatable bonds is 3. The molecule has 1 atom stereocenters. The Labute approximate surface area is 135 Å². The summed E-state index contributed by atoms with van der Waals surface area (Å²) in [4.78, 5) is 15.9. The van der Waals surface area contributed by atoms with Gasteiger partial charge in [-0.2, -0.15) is 0 Å². The zero-order chi connectivity index (χ0) is 15.6. The molecule has 1 heterocycles. The molecule has 4 rings (SSSR count). The summed E-state index contributed by atoms with van der Waals surface area (Å²) in [7, 11) is 0. The van der Waals surface area contributed by atoms with E-state index in [0.29, 0.717) is 6.42 Å². The summed E-state index contributed by atoms with van der Waals surface area (Å²) >= 11 is 0. The number of para-hydroxylation sites is 1. The molecule has 1 aromatic heterocycles. The van der Waals surface area contributed by atoms with Gasteiger partial charge in [-0.05, 0) is 30.0 Å². The van der Waals surface area contributed by atoms with Crippen LogP contribution in [0.3, 0.4) is 0 Å². The van der Waals surface area contributed by atoms with Crippen LogP contribution in [0.15, 0.2) is 72.4 Å². The SMILES string of the molecule is O=C1CCCC=C1C(c1ccccc1)c1c[nH]c2ccccc12. The standard InChI is InChI=1S/C21H19NO/c23-20-13-7-5-11-17(20)21(15-8-2-1-3-9-15)18-14-22-19-12-6-4-10-16(18)19/h1-4,6,8-12,14,21-22H,5,7,13H2. The van der Waals surface area contributed by atoms with Gasteiger partial charge in [-0.15, -0.1) is 0 Å². The lowest BCUT2D eigenvalue weighted by Gasteiger charge is -2.23. The number of Topliss-reactive ketones (excluding diaryl/α,β-unsaturated/α-hetero) is 1. The van der Waals surface area contributed by atoms with Crippen LogP contribution in [0.25, 0.3) is 10.9 Å². The van der Waals surface area contributed by atoms with Crippen molar-refractivity contribution in [3.05, 3.63) is 83.6 Å². The summed E-state index contributed by atoms with van der Waals surface area (Å²) in [6.07, 6.45) is 6.83. The molecular weight excluding hydrogens is 282 g/mol. The van der Waals surface area contributed by atoms with Gasteiger partial charge in [0.2, 0.25) is 0 Å². The number of hydrogen-bond acceptors (Lipinski definition) is 1. The number of allylic oxidation sites excluding steroid dienone is 2. The molecule has 1 aliphatic carbocycles. The molecular formula is C21H19NO. The Hall–Kier alpha value is -2.61. The second kappa shape index (κ2) is 5.88. The van der Waals surface area contributed by atoms with Crippen LogP contribution in [0.1, 0.15) is 36.3 Å². The predicted molar refractivity (Wildman–Crippen MR) is 93.5 cm³/mol. The first kappa shape index (κ1) is 14.0. The van der Waals surface area contributed by atoms with Crippen molar-refractivity contribution in [1.29, 1.82) is 0 Å². The highest BCUT2D eigenvalue weighted by atomic mass is 16.1. The number of fused-ring (bicyclic) bond motifs is 1. The summed E-state index contributed by atoms with van der Waals surface area (Å²) in [6, 6.07) is 18.7. The average Bonchev–Trinajstić information content (AvgIpc) is 3.02. The second-order valence-corrected chi connectivity index (χ2v) is 6.11. The molecule has 0 bridgehead atoms. The van der Waals surface area contributed by atoms with Crippen molar-refractivity contribution in [2.24, 2.45) is 0 Å². The maximum absolute atomic E-state index is 12.6. The van der Waals surface area contributed by atoms with Crippen molar-refractivity contribution in [3.8, 4) is 0 Å². The Morgan fingerprint density at radius 3 is 2.57 bits per heavy atom. The van der Waals surface area contributed by atoms with Crippen LogP contribution < -0.4 is 0 Å². The zero-order valence-corrected chi connectivity index (χ0v) is 13.0. The molecule has 0 aliphatic heterocycles. The smallest absolute Gasteiger partial charge is 0.159 e. The Balaban J connectivity index is 1.92. The molecule has 2 aromatic carbocycles. The van der Waals surface area contributed by atoms with Gasteiger partial charge in [0, 0.05) is 35.0 Å². The third kappa shape index (κ3) is 2.50. The van der Waals surface area contributed by atoms with Crippen molar-refractivity contribution >= 4 is 16.7 Å². The van der Waals surface area contributed by atoms with Gasteiger partial charge in [0.05, 0.1) is 0 Å². The van der Waals surface area contributed by atoms with Crippen LogP contribution >= 0.6 is 0 Å². The zero-order valence-electron chi connectivity index (χ0n) is 13.0. The molecule has 0 fully saturated rings. The first-order valence-corrected chi connectivity index (χ1v) is 8.19. The van der Waals surface area contributed by atoms with Crippen molar-refractivity contribution < 1.29 is 4.79 Å². The van der Waals surface area contributed by atoms with Gasteiger partial charge < -0.3 is 4.98 Å². The summed E-state index contributed by atoms with van der Waals surface area (Å²) in [5.41, 5.74) is 4.44. The molecule has 0 spiro atoms. The van der Waals surface area contributed by atoms with Crippen LogP contribution in [0.5, 0.6) is 0 Å². The van der Waals surface area contributed by atoms with E-state index >= 15 is 0 Å². The minimum absolute atomic E-state index is 0.0140. The van der Waals surface area contributed by atoms with Crippen LogP contribution in [-0.2, 0) is 4.79 Å². The lowest BCUT2D eigenvalue weighted by molar-refractivity contribution is -0.116. The van der Waals surface area contributed by atoms with Gasteiger partial charge in [-0.1, -0.05) is 54.6 Å². The minimum atomic E-state index is 0.0140. The largest absolute Gasteiger partial charge is 0.361 e. The number of carbonyl (C=O) groups excluding carboxylic acids is 1. The Morgan fingerprint density at radius 2 is 1.74 bits per heavy atom. The van der Waals surface area contributed by atoms with Gasteiger partial charge in [0.25, 0.3) is 0 Å². The van der Waals surface area contributed by atoms with Crippen LogP contribution in [0.2, 0.25) is 0 Å². The second-order valence-electron chi connectivity index (χ2n) is 6.11. The number of hydrogen-bond donors (Lipinski definition) is 1. The predicted octanol–water partition coefficient (Wildman–Crippen LogP) is 4.98. The molecule has 0 saturated carbocycles. The normalized spacial score (nSPS) is 16.3. The number of carbonyl (C=O) groups is 1. The van der Waals surface area contributed by atoms with Crippen LogP contribution in [0.4, 0.5) is 0 Å². The molecule has 3 aromatic rings. The molecule has 2 nitrogen and oxygen atoms in total. The number of benzene rings is 2. The van der Waals surface area contributed by atoms with Crippen LogP contribution in [0, 0.1) is 0 Å². The third-order valence-electron chi connectivity index (χ3n) is 4.67. The van der Waals surface area contributed by atoms with E-state index < -0.39 is 0 Å². The van der Waals surface area contributed by atoms with E-state index in [-0.39, 0.29) is 11.7 Å². The Bertz CT molecular complexity index is 873. The number of H-pyrrole nitrogens is 1. The maximum Gasteiger partial charge on any atom is 0.159 e. The highest BCUT2D eigenvalue weighted by Crippen LogP contribution is 2.38. The van der Waals surface area contributed by atoms with Gasteiger partial charge >= 0.3 is 0 Å². The molecule has 23 heavy (non-hydrogen) atoms. The maximum atomic E-state index is 12.6. The quantitative estimate of drug-likeness (QED) is 0.727. The monoisotopic (exact) mass is 301 g/mol. The van der Waals surface area contributed by atoms with Crippen molar-refractivity contribution in [3.63, 3.8) is 0 Å². The van der Waals surface area contributed by atoms with Gasteiger partial charge in [0.15, 0.2) is 5.78 Å². The first-order valence-electron chi connectivity index (χ1n) is 8.19. The fraction of sp³-hybridized carbons (Fsp3) is 0.190. The molecule has 0 amide bonds. The Kier molecular flexibility index (Phi) is 3.58. The molecule has 1 N–H and O–H groups in total. The molecule has 0 radical (unpaired) electrons. The van der Waals surface area contributed by atoms with Crippen molar-refractivity contribution in [2.45, 2.75) is 25.2 Å². The number of ketones is 1. The van der Waals surface area contributed by atoms with Gasteiger partial charge in [-0.25, -0.2) is 0 Å². The number of aromatic nitrogens is 1. The number of aromatic amines is 1. The average molecular weight is 301 g/mol. The molecule has 2 heteroatoms. The molecule has 1 aliphatic rings. The van der Waals surface area contributed by atoms with E-state index in [1.54, 1.807) is 0 Å². The van der Waals surface area contributed by atoms with Crippen molar-refractivity contribution in [2.75, 3.05) is 0 Å². The van der Waals surface area contributed by atoms with E-state index in [1.165, 1.54) is 16.5 Å². The lowest BCUT2D eigenvalue weighted by atomic mass is 9.79. The summed E-state index contributed by atoms with van der Waals surface area (Å²) < 4.78 is 0. The molecule has 0 saturated heterocycles. The lowest BCUT2D eigenvalue weighted by Crippen LogP contribution is -2.15. The Morgan fingerprint density at radius 1 is 0.957 bits per heavy atom. The van der Waals surface area contributed by atoms with Gasteiger partial charge in [0.1, 0.15) is 0 Å². The van der Waals surface area contributed by atoms with E-state index in [2.05, 4.69) is 47.6 Å². The van der Waals surface area contributed by atoms with E-state index in [1.807, 2.05) is 24.3 Å². The van der Waals surface area contributed by atoms with Crippen LogP contribution in [-0.4, -0.2) is 10.8 Å². The summed E-state index contributed by atoms with van der Waals surface area (Å²) in [5.74, 6) is 0.301. The summed E-state index contributed by atoms with van der Waals surface area (Å²) in [5, 5.41) is 1.20. The van der Waals surface area contributed by atoms with E-state index in [0.717, 1.165) is 23.9 Å². The first-order chi connectivity index (χ1) is 11.3. The van der Waals surface area contributed by atoms with Crippen molar-refractivity contribution in [1.82, 2.24) is 4.98 Å². The molecule has 1 unspecified atom stereocenters. The van der Waals surface area contributed by atoms with Gasteiger partial charge in [-0.3, -0.25) is 4.79 Å². The fourth-order valence-corrected chi connectivity index (χ4v) is 3.56. The highest BCUT2D eigenvalue weighted by molar-refractivity contribution is 5.99. The fourth-order valence-electron chi connectivity index (χ4n) is 3.56. The highest BCUT2D eigenvalue weighted by Gasteiger charge is 2.27. The minimum Gasteiger partial charge on any atom is -0.361 e. The number of nitrogens with one attached hydrogen (secondary N) is 1. The van der Waals surface area contributed by atoms with E-state index in [4.69, 9.17) is 0 Å². The molecule has 114 valence electrons. The third-order valence-corrected chi connectivity index (χ3v) is 4.67. The topological polar surface area (TPSA) is 32.9 Å².